The molecule has 3 heteroatoms. The van der Waals surface area contributed by atoms with Gasteiger partial charge in [0.15, 0.2) is 0 Å². The van der Waals surface area contributed by atoms with Crippen molar-refractivity contribution < 1.29 is 4.74 Å². The maximum absolute atomic E-state index is 6.12. The Morgan fingerprint density at radius 1 is 1.53 bits per heavy atom. The number of benzene rings is 1. The summed E-state index contributed by atoms with van der Waals surface area (Å²) in [5.41, 5.74) is 7.39. The quantitative estimate of drug-likeness (QED) is 0.915. The first-order valence-corrected chi connectivity index (χ1v) is 6.16. The van der Waals surface area contributed by atoms with Gasteiger partial charge in [-0.3, -0.25) is 0 Å². The maximum atomic E-state index is 6.12. The molecular formula is C12H16BrNO. The molecule has 0 bridgehead atoms. The summed E-state index contributed by atoms with van der Waals surface area (Å²) in [6, 6.07) is 8.43. The summed E-state index contributed by atoms with van der Waals surface area (Å²) in [4.78, 5) is 0. The predicted octanol–water partition coefficient (Wildman–Crippen LogP) is 2.50. The third-order valence-corrected chi connectivity index (χ3v) is 3.30. The van der Waals surface area contributed by atoms with E-state index < -0.39 is 0 Å². The Bertz CT molecular complexity index is 323. The molecule has 0 aromatic heterocycles. The van der Waals surface area contributed by atoms with Crippen molar-refractivity contribution in [3.05, 3.63) is 34.3 Å². The van der Waals surface area contributed by atoms with Gasteiger partial charge in [0.25, 0.3) is 0 Å². The lowest BCUT2D eigenvalue weighted by Crippen LogP contribution is -2.36. The van der Waals surface area contributed by atoms with E-state index in [1.807, 2.05) is 12.1 Å². The van der Waals surface area contributed by atoms with Gasteiger partial charge in [-0.15, -0.1) is 0 Å². The van der Waals surface area contributed by atoms with Crippen molar-refractivity contribution >= 4 is 15.9 Å². The molecule has 2 unspecified atom stereocenters. The summed E-state index contributed by atoms with van der Waals surface area (Å²) in [5.74, 6) is 0. The van der Waals surface area contributed by atoms with Gasteiger partial charge >= 0.3 is 0 Å². The van der Waals surface area contributed by atoms with Gasteiger partial charge in [-0.25, -0.2) is 0 Å². The zero-order chi connectivity index (χ0) is 10.7. The van der Waals surface area contributed by atoms with Crippen LogP contribution in [-0.2, 0) is 11.2 Å². The smallest absolute Gasteiger partial charge is 0.0730 e. The zero-order valence-corrected chi connectivity index (χ0v) is 10.2. The molecule has 82 valence electrons. The molecule has 0 amide bonds. The monoisotopic (exact) mass is 269 g/mol. The SMILES string of the molecule is NC(Cc1cccc(Br)c1)C1CCCO1. The Balaban J connectivity index is 1.95. The summed E-state index contributed by atoms with van der Waals surface area (Å²) in [6.07, 6.45) is 3.40. The van der Waals surface area contributed by atoms with Crippen LogP contribution < -0.4 is 5.73 Å². The highest BCUT2D eigenvalue weighted by atomic mass is 79.9. The molecular weight excluding hydrogens is 254 g/mol. The van der Waals surface area contributed by atoms with E-state index in [1.54, 1.807) is 0 Å². The van der Waals surface area contributed by atoms with Crippen molar-refractivity contribution in [3.63, 3.8) is 0 Å². The summed E-state index contributed by atoms with van der Waals surface area (Å²) >= 11 is 3.46. The standard InChI is InChI=1S/C12H16BrNO/c13-10-4-1-3-9(7-10)8-11(14)12-5-2-6-15-12/h1,3-4,7,11-12H,2,5-6,8,14H2. The Kier molecular flexibility index (Phi) is 3.78. The Hall–Kier alpha value is -0.380. The fourth-order valence-electron chi connectivity index (χ4n) is 2.01. The van der Waals surface area contributed by atoms with Crippen LogP contribution in [0.3, 0.4) is 0 Å². The van der Waals surface area contributed by atoms with Crippen molar-refractivity contribution in [2.24, 2.45) is 5.73 Å². The topological polar surface area (TPSA) is 35.2 Å². The highest BCUT2D eigenvalue weighted by Gasteiger charge is 2.22. The van der Waals surface area contributed by atoms with Crippen LogP contribution in [0.5, 0.6) is 0 Å². The van der Waals surface area contributed by atoms with Crippen LogP contribution in [0.25, 0.3) is 0 Å². The molecule has 15 heavy (non-hydrogen) atoms. The van der Waals surface area contributed by atoms with Gasteiger partial charge in [0.05, 0.1) is 6.10 Å². The number of hydrogen-bond donors (Lipinski definition) is 1. The van der Waals surface area contributed by atoms with Crippen molar-refractivity contribution in [2.45, 2.75) is 31.4 Å². The van der Waals surface area contributed by atoms with Crippen molar-refractivity contribution in [1.82, 2.24) is 0 Å². The zero-order valence-electron chi connectivity index (χ0n) is 8.66. The van der Waals surface area contributed by atoms with E-state index in [-0.39, 0.29) is 12.1 Å². The van der Waals surface area contributed by atoms with Crippen LogP contribution in [0.2, 0.25) is 0 Å². The first-order valence-electron chi connectivity index (χ1n) is 5.37. The van der Waals surface area contributed by atoms with Crippen molar-refractivity contribution in [1.29, 1.82) is 0 Å². The van der Waals surface area contributed by atoms with Gasteiger partial charge in [-0.2, -0.15) is 0 Å². The average Bonchev–Trinajstić information content (AvgIpc) is 2.70. The molecule has 1 fully saturated rings. The minimum atomic E-state index is 0.127. The van der Waals surface area contributed by atoms with Gasteiger partial charge in [0, 0.05) is 17.1 Å². The van der Waals surface area contributed by atoms with Crippen LogP contribution >= 0.6 is 15.9 Å². The molecule has 1 heterocycles. The normalized spacial score (nSPS) is 22.9. The lowest BCUT2D eigenvalue weighted by atomic mass is 10.0. The third kappa shape index (κ3) is 3.03. The second-order valence-corrected chi connectivity index (χ2v) is 4.97. The Morgan fingerprint density at radius 2 is 2.40 bits per heavy atom. The first kappa shape index (κ1) is 11.1. The largest absolute Gasteiger partial charge is 0.377 e. The van der Waals surface area contributed by atoms with E-state index in [0.29, 0.717) is 0 Å². The van der Waals surface area contributed by atoms with Gasteiger partial charge in [-0.1, -0.05) is 28.1 Å². The van der Waals surface area contributed by atoms with Crippen molar-refractivity contribution in [2.75, 3.05) is 6.61 Å². The van der Waals surface area contributed by atoms with Gasteiger partial charge in [0.1, 0.15) is 0 Å². The highest BCUT2D eigenvalue weighted by Crippen LogP contribution is 2.18. The number of halogens is 1. The van der Waals surface area contributed by atoms with Crippen LogP contribution in [0.15, 0.2) is 28.7 Å². The molecule has 2 N–H and O–H groups in total. The van der Waals surface area contributed by atoms with Crippen molar-refractivity contribution in [3.8, 4) is 0 Å². The molecule has 1 aliphatic rings. The van der Waals surface area contributed by atoms with Crippen LogP contribution in [0.1, 0.15) is 18.4 Å². The molecule has 0 radical (unpaired) electrons. The van der Waals surface area contributed by atoms with E-state index in [1.165, 1.54) is 5.56 Å². The number of nitrogens with two attached hydrogens (primary N) is 1. The minimum absolute atomic E-state index is 0.127. The third-order valence-electron chi connectivity index (χ3n) is 2.80. The molecule has 2 atom stereocenters. The van der Waals surface area contributed by atoms with Crippen LogP contribution in [0.4, 0.5) is 0 Å². The summed E-state index contributed by atoms with van der Waals surface area (Å²) in [7, 11) is 0. The molecule has 0 aliphatic carbocycles. The highest BCUT2D eigenvalue weighted by molar-refractivity contribution is 9.10. The summed E-state index contributed by atoms with van der Waals surface area (Å²) in [5, 5.41) is 0. The van der Waals surface area contributed by atoms with Crippen LogP contribution in [-0.4, -0.2) is 18.8 Å². The Morgan fingerprint density at radius 3 is 3.07 bits per heavy atom. The molecule has 1 saturated heterocycles. The number of ether oxygens (including phenoxy) is 1. The molecule has 1 aromatic carbocycles. The van der Waals surface area contributed by atoms with E-state index >= 15 is 0 Å². The molecule has 2 nitrogen and oxygen atoms in total. The van der Waals surface area contributed by atoms with Gasteiger partial charge in [0.2, 0.25) is 0 Å². The Labute approximate surface area is 98.9 Å². The number of rotatable bonds is 3. The van der Waals surface area contributed by atoms with E-state index in [4.69, 9.17) is 10.5 Å². The molecule has 1 aromatic rings. The second kappa shape index (κ2) is 5.10. The van der Waals surface area contributed by atoms with Gasteiger partial charge < -0.3 is 10.5 Å². The first-order chi connectivity index (χ1) is 7.25. The van der Waals surface area contributed by atoms with Crippen LogP contribution in [0, 0.1) is 0 Å². The lowest BCUT2D eigenvalue weighted by molar-refractivity contribution is 0.0900. The fourth-order valence-corrected chi connectivity index (χ4v) is 2.45. The van der Waals surface area contributed by atoms with E-state index in [2.05, 4.69) is 28.1 Å². The maximum Gasteiger partial charge on any atom is 0.0730 e. The van der Waals surface area contributed by atoms with Gasteiger partial charge in [-0.05, 0) is 37.0 Å². The summed E-state index contributed by atoms with van der Waals surface area (Å²) < 4.78 is 6.69. The molecule has 1 aliphatic heterocycles. The lowest BCUT2D eigenvalue weighted by Gasteiger charge is -2.18. The van der Waals surface area contributed by atoms with E-state index in [9.17, 15) is 0 Å². The summed E-state index contributed by atoms with van der Waals surface area (Å²) in [6.45, 7) is 0.872. The average molecular weight is 270 g/mol. The minimum Gasteiger partial charge on any atom is -0.377 e. The molecule has 2 rings (SSSR count). The second-order valence-electron chi connectivity index (χ2n) is 4.05. The predicted molar refractivity (Wildman–Crippen MR) is 64.8 cm³/mol. The molecule has 0 spiro atoms. The van der Waals surface area contributed by atoms with E-state index in [0.717, 1.165) is 30.3 Å². The number of hydrogen-bond acceptors (Lipinski definition) is 2. The molecule has 0 saturated carbocycles. The fraction of sp³-hybridized carbons (Fsp3) is 0.500.